The fourth-order valence-electron chi connectivity index (χ4n) is 1.32. The van der Waals surface area contributed by atoms with Crippen molar-refractivity contribution in [3.8, 4) is 0 Å². The molecule has 5 heteroatoms. The van der Waals surface area contributed by atoms with E-state index in [1.165, 1.54) is 0 Å². The molecule has 0 aromatic heterocycles. The van der Waals surface area contributed by atoms with Crippen molar-refractivity contribution >= 4 is 23.3 Å². The normalized spacial score (nSPS) is 11.3. The van der Waals surface area contributed by atoms with Crippen LogP contribution in [0.2, 0.25) is 5.02 Å². The first-order valence-electron chi connectivity index (χ1n) is 5.30. The lowest BCUT2D eigenvalue weighted by molar-refractivity contribution is -0.135. The fourth-order valence-corrected chi connectivity index (χ4v) is 1.45. The van der Waals surface area contributed by atoms with Crippen molar-refractivity contribution in [3.05, 3.63) is 34.9 Å². The molecule has 92 valence electrons. The minimum Gasteiger partial charge on any atom is -0.461 e. The van der Waals surface area contributed by atoms with Gasteiger partial charge < -0.3 is 9.94 Å². The van der Waals surface area contributed by atoms with Crippen LogP contribution in [0.5, 0.6) is 0 Å². The van der Waals surface area contributed by atoms with E-state index < -0.39 is 5.97 Å². The molecule has 0 heterocycles. The third kappa shape index (κ3) is 4.44. The number of oxime groups is 1. The van der Waals surface area contributed by atoms with Gasteiger partial charge in [-0.2, -0.15) is 0 Å². The lowest BCUT2D eigenvalue weighted by Gasteiger charge is -2.04. The molecule has 1 aromatic rings. The Kier molecular flexibility index (Phi) is 5.49. The van der Waals surface area contributed by atoms with Crippen LogP contribution in [0.3, 0.4) is 0 Å². The highest BCUT2D eigenvalue weighted by atomic mass is 35.5. The van der Waals surface area contributed by atoms with E-state index in [4.69, 9.17) is 21.5 Å². The molecule has 0 atom stereocenters. The number of carbonyl (C=O) groups is 1. The summed E-state index contributed by atoms with van der Waals surface area (Å²) in [6.07, 6.45) is 0.923. The van der Waals surface area contributed by atoms with E-state index in [0.717, 1.165) is 5.56 Å². The molecule has 17 heavy (non-hydrogen) atoms. The van der Waals surface area contributed by atoms with Gasteiger partial charge in [-0.25, -0.2) is 4.79 Å². The lowest BCUT2D eigenvalue weighted by Crippen LogP contribution is -2.18. The summed E-state index contributed by atoms with van der Waals surface area (Å²) in [4.78, 5) is 11.3. The van der Waals surface area contributed by atoms with Gasteiger partial charge in [0, 0.05) is 11.4 Å². The van der Waals surface area contributed by atoms with Crippen molar-refractivity contribution in [2.75, 3.05) is 6.61 Å². The number of ether oxygens (including phenoxy) is 1. The molecule has 0 unspecified atom stereocenters. The first kappa shape index (κ1) is 13.5. The Morgan fingerprint density at radius 1 is 1.41 bits per heavy atom. The summed E-state index contributed by atoms with van der Waals surface area (Å²) >= 11 is 5.76. The Balaban J connectivity index is 2.54. The molecule has 0 aliphatic heterocycles. The Morgan fingerprint density at radius 2 is 2.06 bits per heavy atom. The van der Waals surface area contributed by atoms with Crippen molar-refractivity contribution in [2.45, 2.75) is 19.8 Å². The highest BCUT2D eigenvalue weighted by Crippen LogP contribution is 2.11. The monoisotopic (exact) mass is 255 g/mol. The topological polar surface area (TPSA) is 58.9 Å². The Bertz CT molecular complexity index is 401. The van der Waals surface area contributed by atoms with Crippen LogP contribution in [0.1, 0.15) is 18.9 Å². The largest absolute Gasteiger partial charge is 0.461 e. The average molecular weight is 256 g/mol. The molecule has 4 nitrogen and oxygen atoms in total. The molecule has 1 aromatic carbocycles. The first-order chi connectivity index (χ1) is 8.17. The molecule has 0 saturated carbocycles. The predicted octanol–water partition coefficient (Wildman–Crippen LogP) is 2.67. The maximum absolute atomic E-state index is 11.3. The van der Waals surface area contributed by atoms with E-state index in [2.05, 4.69) is 5.16 Å². The van der Waals surface area contributed by atoms with Gasteiger partial charge in [0.2, 0.25) is 0 Å². The minimum absolute atomic E-state index is 0.0294. The van der Waals surface area contributed by atoms with E-state index in [-0.39, 0.29) is 12.3 Å². The SMILES string of the molecule is CCOC(=O)/C(CCc1ccc(Cl)cc1)=N\O. The molecular weight excluding hydrogens is 242 g/mol. The number of rotatable bonds is 5. The van der Waals surface area contributed by atoms with Gasteiger partial charge in [0.1, 0.15) is 0 Å². The molecule has 0 aliphatic rings. The van der Waals surface area contributed by atoms with Crippen molar-refractivity contribution in [1.29, 1.82) is 0 Å². The molecule has 0 bridgehead atoms. The molecule has 1 N–H and O–H groups in total. The van der Waals surface area contributed by atoms with Crippen LogP contribution in [-0.2, 0) is 16.0 Å². The zero-order valence-corrected chi connectivity index (χ0v) is 10.3. The molecule has 1 rings (SSSR count). The highest BCUT2D eigenvalue weighted by molar-refractivity contribution is 6.36. The molecule has 0 fully saturated rings. The highest BCUT2D eigenvalue weighted by Gasteiger charge is 2.13. The maximum atomic E-state index is 11.3. The van der Waals surface area contributed by atoms with Crippen molar-refractivity contribution in [1.82, 2.24) is 0 Å². The van der Waals surface area contributed by atoms with Gasteiger partial charge in [0.15, 0.2) is 5.71 Å². The Labute approximate surface area is 105 Å². The predicted molar refractivity (Wildman–Crippen MR) is 65.6 cm³/mol. The number of halogens is 1. The standard InChI is InChI=1S/C12H14ClNO3/c1-2-17-12(15)11(14-16)8-5-9-3-6-10(13)7-4-9/h3-4,6-7,16H,2,5,8H2,1H3/b14-11-. The second-order valence-electron chi connectivity index (χ2n) is 3.39. The zero-order valence-electron chi connectivity index (χ0n) is 9.52. The summed E-state index contributed by atoms with van der Waals surface area (Å²) in [5.41, 5.74) is 1.04. The number of aryl methyl sites for hydroxylation is 1. The second kappa shape index (κ2) is 6.91. The number of benzene rings is 1. The third-order valence-electron chi connectivity index (χ3n) is 2.20. The molecular formula is C12H14ClNO3. The quantitative estimate of drug-likeness (QED) is 0.381. The number of nitrogens with zero attached hydrogens (tertiary/aromatic N) is 1. The first-order valence-corrected chi connectivity index (χ1v) is 5.67. The van der Waals surface area contributed by atoms with Gasteiger partial charge in [-0.05, 0) is 31.0 Å². The summed E-state index contributed by atoms with van der Waals surface area (Å²) < 4.78 is 4.75. The van der Waals surface area contributed by atoms with E-state index in [1.54, 1.807) is 19.1 Å². The molecule has 0 spiro atoms. The van der Waals surface area contributed by atoms with E-state index in [1.807, 2.05) is 12.1 Å². The summed E-state index contributed by atoms with van der Waals surface area (Å²) in [7, 11) is 0. The number of hydrogen-bond donors (Lipinski definition) is 1. The van der Waals surface area contributed by atoms with Crippen molar-refractivity contribution < 1.29 is 14.7 Å². The summed E-state index contributed by atoms with van der Waals surface area (Å²) in [6, 6.07) is 7.28. The van der Waals surface area contributed by atoms with Crippen LogP contribution in [0.15, 0.2) is 29.4 Å². The van der Waals surface area contributed by atoms with Gasteiger partial charge in [-0.15, -0.1) is 0 Å². The zero-order chi connectivity index (χ0) is 12.7. The smallest absolute Gasteiger partial charge is 0.356 e. The van der Waals surface area contributed by atoms with Crippen LogP contribution in [0, 0.1) is 0 Å². The number of hydrogen-bond acceptors (Lipinski definition) is 4. The van der Waals surface area contributed by atoms with Gasteiger partial charge >= 0.3 is 5.97 Å². The molecule has 0 saturated heterocycles. The van der Waals surface area contributed by atoms with Crippen LogP contribution in [-0.4, -0.2) is 23.5 Å². The van der Waals surface area contributed by atoms with Gasteiger partial charge in [-0.1, -0.05) is 28.9 Å². The van der Waals surface area contributed by atoms with Crippen LogP contribution < -0.4 is 0 Å². The average Bonchev–Trinajstić information content (AvgIpc) is 2.32. The summed E-state index contributed by atoms with van der Waals surface area (Å²) in [5, 5.41) is 12.3. The second-order valence-corrected chi connectivity index (χ2v) is 3.83. The molecule has 0 radical (unpaired) electrons. The molecule has 0 aliphatic carbocycles. The Morgan fingerprint density at radius 3 is 2.59 bits per heavy atom. The van der Waals surface area contributed by atoms with E-state index >= 15 is 0 Å². The maximum Gasteiger partial charge on any atom is 0.356 e. The Hall–Kier alpha value is -1.55. The van der Waals surface area contributed by atoms with Crippen LogP contribution in [0.25, 0.3) is 0 Å². The number of carbonyl (C=O) groups excluding carboxylic acids is 1. The number of esters is 1. The van der Waals surface area contributed by atoms with E-state index in [9.17, 15) is 4.79 Å². The van der Waals surface area contributed by atoms with Crippen LogP contribution >= 0.6 is 11.6 Å². The lowest BCUT2D eigenvalue weighted by atomic mass is 10.1. The van der Waals surface area contributed by atoms with E-state index in [0.29, 0.717) is 17.9 Å². The fraction of sp³-hybridized carbons (Fsp3) is 0.333. The van der Waals surface area contributed by atoms with Crippen molar-refractivity contribution in [2.24, 2.45) is 5.16 Å². The van der Waals surface area contributed by atoms with Gasteiger partial charge in [-0.3, -0.25) is 0 Å². The third-order valence-corrected chi connectivity index (χ3v) is 2.45. The van der Waals surface area contributed by atoms with Crippen LogP contribution in [0.4, 0.5) is 0 Å². The summed E-state index contributed by atoms with van der Waals surface area (Å²) in [5.74, 6) is -0.580. The van der Waals surface area contributed by atoms with Gasteiger partial charge in [0.25, 0.3) is 0 Å². The van der Waals surface area contributed by atoms with Crippen molar-refractivity contribution in [3.63, 3.8) is 0 Å². The molecule has 0 amide bonds. The summed E-state index contributed by atoms with van der Waals surface area (Å²) in [6.45, 7) is 1.96. The minimum atomic E-state index is -0.580. The van der Waals surface area contributed by atoms with Gasteiger partial charge in [0.05, 0.1) is 6.61 Å².